The highest BCUT2D eigenvalue weighted by atomic mass is 16.3. The molecule has 3 nitrogen and oxygen atoms in total. The third kappa shape index (κ3) is 2.98. The Kier molecular flexibility index (Phi) is 4.30. The van der Waals surface area contributed by atoms with E-state index in [-0.39, 0.29) is 0 Å². The zero-order valence-corrected chi connectivity index (χ0v) is 12.9. The molecule has 0 saturated carbocycles. The molecule has 1 atom stereocenters. The van der Waals surface area contributed by atoms with Crippen molar-refractivity contribution >= 4 is 5.69 Å². The summed E-state index contributed by atoms with van der Waals surface area (Å²) in [6, 6.07) is 11.3. The molecule has 0 spiro atoms. The number of hydrogen-bond acceptors (Lipinski definition) is 3. The van der Waals surface area contributed by atoms with Gasteiger partial charge in [0.2, 0.25) is 0 Å². The van der Waals surface area contributed by atoms with Crippen molar-refractivity contribution in [1.82, 2.24) is 5.32 Å². The number of nitrogens with zero attached hydrogens (tertiary/aromatic N) is 1. The van der Waals surface area contributed by atoms with E-state index in [2.05, 4.69) is 54.4 Å². The maximum Gasteiger partial charge on any atom is 0.127 e. The molecule has 3 rings (SSSR count). The van der Waals surface area contributed by atoms with Crippen molar-refractivity contribution < 1.29 is 4.42 Å². The Morgan fingerprint density at radius 2 is 2.14 bits per heavy atom. The summed E-state index contributed by atoms with van der Waals surface area (Å²) in [5.74, 6) is 1.09. The van der Waals surface area contributed by atoms with Gasteiger partial charge in [-0.15, -0.1) is 0 Å². The lowest BCUT2D eigenvalue weighted by molar-refractivity contribution is 0.486. The first-order valence-corrected chi connectivity index (χ1v) is 7.90. The summed E-state index contributed by atoms with van der Waals surface area (Å²) in [5, 5.41) is 3.45. The first-order chi connectivity index (χ1) is 10.3. The van der Waals surface area contributed by atoms with Gasteiger partial charge in [-0.3, -0.25) is 0 Å². The van der Waals surface area contributed by atoms with Crippen molar-refractivity contribution in [3.05, 3.63) is 53.5 Å². The molecule has 0 saturated heterocycles. The van der Waals surface area contributed by atoms with Crippen molar-refractivity contribution in [3.8, 4) is 0 Å². The smallest absolute Gasteiger partial charge is 0.127 e. The van der Waals surface area contributed by atoms with Gasteiger partial charge in [-0.1, -0.05) is 25.1 Å². The van der Waals surface area contributed by atoms with Crippen molar-refractivity contribution in [1.29, 1.82) is 0 Å². The van der Waals surface area contributed by atoms with Crippen LogP contribution in [0, 0.1) is 0 Å². The predicted octanol–water partition coefficient (Wildman–Crippen LogP) is 3.73. The number of benzene rings is 1. The number of anilines is 1. The van der Waals surface area contributed by atoms with Gasteiger partial charge < -0.3 is 14.6 Å². The van der Waals surface area contributed by atoms with Crippen LogP contribution in [-0.2, 0) is 19.5 Å². The zero-order valence-electron chi connectivity index (χ0n) is 12.9. The van der Waals surface area contributed by atoms with E-state index in [9.17, 15) is 0 Å². The predicted molar refractivity (Wildman–Crippen MR) is 86.5 cm³/mol. The normalized spacial score (nSPS) is 17.2. The fourth-order valence-electron chi connectivity index (χ4n) is 3.09. The molecule has 3 heteroatoms. The number of furan rings is 1. The van der Waals surface area contributed by atoms with E-state index < -0.39 is 0 Å². The van der Waals surface area contributed by atoms with Crippen LogP contribution in [0.2, 0.25) is 0 Å². The van der Waals surface area contributed by atoms with E-state index in [4.69, 9.17) is 4.42 Å². The topological polar surface area (TPSA) is 28.4 Å². The number of para-hydroxylation sites is 1. The molecular formula is C18H24N2O. The molecule has 1 unspecified atom stereocenters. The second-order valence-electron chi connectivity index (χ2n) is 5.86. The van der Waals surface area contributed by atoms with Crippen LogP contribution in [0.5, 0.6) is 0 Å². The molecule has 1 aromatic carbocycles. The van der Waals surface area contributed by atoms with Crippen LogP contribution >= 0.6 is 0 Å². The standard InChI is InChI=1S/C18H24N2O/c1-3-9-19-12-16-8-10-21-18(16)13-20-14(2)11-15-6-4-5-7-17(15)20/h4-8,10,14,19H,3,9,11-13H2,1-2H3. The first kappa shape index (κ1) is 14.2. The molecule has 2 heterocycles. The minimum atomic E-state index is 0.531. The van der Waals surface area contributed by atoms with Gasteiger partial charge in [0.15, 0.2) is 0 Å². The van der Waals surface area contributed by atoms with Gasteiger partial charge >= 0.3 is 0 Å². The van der Waals surface area contributed by atoms with E-state index in [1.165, 1.54) is 16.8 Å². The summed E-state index contributed by atoms with van der Waals surface area (Å²) in [6.45, 7) is 7.27. The molecule has 0 aliphatic carbocycles. The molecule has 1 aliphatic heterocycles. The monoisotopic (exact) mass is 284 g/mol. The van der Waals surface area contributed by atoms with E-state index >= 15 is 0 Å². The molecule has 0 fully saturated rings. The summed E-state index contributed by atoms with van der Waals surface area (Å²) >= 11 is 0. The summed E-state index contributed by atoms with van der Waals surface area (Å²) in [5.41, 5.74) is 4.08. The number of rotatable bonds is 6. The van der Waals surface area contributed by atoms with Gasteiger partial charge in [0.1, 0.15) is 5.76 Å². The highest BCUT2D eigenvalue weighted by molar-refractivity contribution is 5.59. The van der Waals surface area contributed by atoms with Crippen LogP contribution in [-0.4, -0.2) is 12.6 Å². The van der Waals surface area contributed by atoms with Crippen LogP contribution in [0.1, 0.15) is 37.2 Å². The zero-order chi connectivity index (χ0) is 14.7. The van der Waals surface area contributed by atoms with Crippen LogP contribution < -0.4 is 10.2 Å². The third-order valence-electron chi connectivity index (χ3n) is 4.24. The van der Waals surface area contributed by atoms with E-state index in [1.54, 1.807) is 0 Å². The van der Waals surface area contributed by atoms with Crippen molar-refractivity contribution in [2.75, 3.05) is 11.4 Å². The third-order valence-corrected chi connectivity index (χ3v) is 4.24. The van der Waals surface area contributed by atoms with E-state index in [0.29, 0.717) is 6.04 Å². The van der Waals surface area contributed by atoms with Crippen molar-refractivity contribution in [2.24, 2.45) is 0 Å². The Morgan fingerprint density at radius 1 is 1.29 bits per heavy atom. The molecule has 1 N–H and O–H groups in total. The van der Waals surface area contributed by atoms with E-state index in [1.807, 2.05) is 6.26 Å². The Hall–Kier alpha value is -1.74. The Morgan fingerprint density at radius 3 is 3.00 bits per heavy atom. The van der Waals surface area contributed by atoms with Crippen LogP contribution in [0.3, 0.4) is 0 Å². The minimum Gasteiger partial charge on any atom is -0.467 e. The number of nitrogens with one attached hydrogen (secondary N) is 1. The van der Waals surface area contributed by atoms with E-state index in [0.717, 1.165) is 38.2 Å². The minimum absolute atomic E-state index is 0.531. The highest BCUT2D eigenvalue weighted by Gasteiger charge is 2.26. The lowest BCUT2D eigenvalue weighted by Crippen LogP contribution is -2.29. The summed E-state index contributed by atoms with van der Waals surface area (Å²) in [4.78, 5) is 2.46. The largest absolute Gasteiger partial charge is 0.467 e. The summed E-state index contributed by atoms with van der Waals surface area (Å²) in [7, 11) is 0. The van der Waals surface area contributed by atoms with Crippen LogP contribution in [0.15, 0.2) is 41.0 Å². The number of fused-ring (bicyclic) bond motifs is 1. The fraction of sp³-hybridized carbons (Fsp3) is 0.444. The first-order valence-electron chi connectivity index (χ1n) is 7.90. The Balaban J connectivity index is 1.74. The highest BCUT2D eigenvalue weighted by Crippen LogP contribution is 2.33. The SMILES string of the molecule is CCCNCc1ccoc1CN1c2ccccc2CC1C. The summed E-state index contributed by atoms with van der Waals surface area (Å²) < 4.78 is 5.74. The lowest BCUT2D eigenvalue weighted by Gasteiger charge is -2.24. The maximum absolute atomic E-state index is 5.74. The van der Waals surface area contributed by atoms with Gasteiger partial charge in [-0.2, -0.15) is 0 Å². The molecule has 1 aromatic heterocycles. The number of hydrogen-bond donors (Lipinski definition) is 1. The second-order valence-corrected chi connectivity index (χ2v) is 5.86. The summed E-state index contributed by atoms with van der Waals surface area (Å²) in [6.07, 6.45) is 4.09. The average molecular weight is 284 g/mol. The molecule has 2 aromatic rings. The van der Waals surface area contributed by atoms with Gasteiger partial charge in [0, 0.05) is 23.8 Å². The Bertz CT molecular complexity index is 590. The lowest BCUT2D eigenvalue weighted by atomic mass is 10.1. The van der Waals surface area contributed by atoms with Crippen LogP contribution in [0.25, 0.3) is 0 Å². The fourth-order valence-corrected chi connectivity index (χ4v) is 3.09. The molecule has 112 valence electrons. The van der Waals surface area contributed by atoms with Gasteiger partial charge in [-0.05, 0) is 44.0 Å². The van der Waals surface area contributed by atoms with Gasteiger partial charge in [0.25, 0.3) is 0 Å². The molecule has 21 heavy (non-hydrogen) atoms. The van der Waals surface area contributed by atoms with Gasteiger partial charge in [-0.25, -0.2) is 0 Å². The molecule has 0 amide bonds. The van der Waals surface area contributed by atoms with Crippen molar-refractivity contribution in [3.63, 3.8) is 0 Å². The quantitative estimate of drug-likeness (QED) is 0.819. The Labute approximate surface area is 127 Å². The van der Waals surface area contributed by atoms with Crippen molar-refractivity contribution in [2.45, 2.75) is 45.8 Å². The van der Waals surface area contributed by atoms with Gasteiger partial charge in [0.05, 0.1) is 12.8 Å². The molecular weight excluding hydrogens is 260 g/mol. The molecule has 0 bridgehead atoms. The van der Waals surface area contributed by atoms with Crippen LogP contribution in [0.4, 0.5) is 5.69 Å². The maximum atomic E-state index is 5.74. The average Bonchev–Trinajstić information content (AvgIpc) is 3.05. The molecule has 1 aliphatic rings. The molecule has 0 radical (unpaired) electrons. The second kappa shape index (κ2) is 6.35.